The first kappa shape index (κ1) is 14.8. The van der Waals surface area contributed by atoms with Gasteiger partial charge in [0, 0.05) is 30.5 Å². The van der Waals surface area contributed by atoms with Crippen molar-refractivity contribution >= 4 is 23.3 Å². The summed E-state index contributed by atoms with van der Waals surface area (Å²) in [7, 11) is 0. The van der Waals surface area contributed by atoms with Crippen LogP contribution in [0.3, 0.4) is 0 Å². The van der Waals surface area contributed by atoms with Crippen molar-refractivity contribution in [3.8, 4) is 0 Å². The second kappa shape index (κ2) is 7.95. The number of amides is 2. The largest absolute Gasteiger partial charge is 0.382 e. The first-order chi connectivity index (χ1) is 8.63. The molecule has 0 fully saturated rings. The van der Waals surface area contributed by atoms with Gasteiger partial charge in [-0.2, -0.15) is 0 Å². The SMILES string of the molecule is CCOCCCNC(=O)Nc1ccc(Cl)cc1C. The van der Waals surface area contributed by atoms with E-state index in [1.54, 1.807) is 12.1 Å². The van der Waals surface area contributed by atoms with Gasteiger partial charge >= 0.3 is 6.03 Å². The number of nitrogens with one attached hydrogen (secondary N) is 2. The molecule has 1 rings (SSSR count). The highest BCUT2D eigenvalue weighted by Crippen LogP contribution is 2.19. The van der Waals surface area contributed by atoms with Crippen LogP contribution in [0.4, 0.5) is 10.5 Å². The Morgan fingerprint density at radius 2 is 2.22 bits per heavy atom. The molecular formula is C13H19ClN2O2. The maximum absolute atomic E-state index is 11.6. The summed E-state index contributed by atoms with van der Waals surface area (Å²) in [4.78, 5) is 11.6. The average molecular weight is 271 g/mol. The van der Waals surface area contributed by atoms with Crippen LogP contribution in [0.5, 0.6) is 0 Å². The highest BCUT2D eigenvalue weighted by molar-refractivity contribution is 6.30. The Kier molecular flexibility index (Phi) is 6.54. The molecule has 0 atom stereocenters. The molecule has 0 aliphatic carbocycles. The molecule has 0 aliphatic rings. The molecule has 0 saturated carbocycles. The predicted octanol–water partition coefficient (Wildman–Crippen LogP) is 3.20. The fraction of sp³-hybridized carbons (Fsp3) is 0.462. The lowest BCUT2D eigenvalue weighted by atomic mass is 10.2. The van der Waals surface area contributed by atoms with Crippen molar-refractivity contribution in [2.45, 2.75) is 20.3 Å². The van der Waals surface area contributed by atoms with Crippen LogP contribution >= 0.6 is 11.6 Å². The maximum Gasteiger partial charge on any atom is 0.319 e. The number of benzene rings is 1. The molecule has 0 radical (unpaired) electrons. The van der Waals surface area contributed by atoms with E-state index in [1.807, 2.05) is 19.9 Å². The molecule has 18 heavy (non-hydrogen) atoms. The number of carbonyl (C=O) groups is 1. The molecule has 5 heteroatoms. The van der Waals surface area contributed by atoms with Gasteiger partial charge in [0.2, 0.25) is 0 Å². The summed E-state index contributed by atoms with van der Waals surface area (Å²) in [5.74, 6) is 0. The number of halogens is 1. The van der Waals surface area contributed by atoms with Gasteiger partial charge in [-0.05, 0) is 44.0 Å². The third kappa shape index (κ3) is 5.38. The van der Waals surface area contributed by atoms with Crippen molar-refractivity contribution in [2.75, 3.05) is 25.1 Å². The molecule has 4 nitrogen and oxygen atoms in total. The van der Waals surface area contributed by atoms with Gasteiger partial charge in [0.25, 0.3) is 0 Å². The Morgan fingerprint density at radius 3 is 2.89 bits per heavy atom. The lowest BCUT2D eigenvalue weighted by Gasteiger charge is -2.10. The van der Waals surface area contributed by atoms with E-state index >= 15 is 0 Å². The molecule has 0 saturated heterocycles. The highest BCUT2D eigenvalue weighted by atomic mass is 35.5. The molecule has 0 spiro atoms. The van der Waals surface area contributed by atoms with Crippen LogP contribution in [0.1, 0.15) is 18.9 Å². The molecule has 2 amide bonds. The monoisotopic (exact) mass is 270 g/mol. The van der Waals surface area contributed by atoms with Crippen LogP contribution in [-0.2, 0) is 4.74 Å². The summed E-state index contributed by atoms with van der Waals surface area (Å²) in [6.07, 6.45) is 0.806. The van der Waals surface area contributed by atoms with Gasteiger partial charge in [-0.25, -0.2) is 4.79 Å². The Hall–Kier alpha value is -1.26. The molecule has 0 unspecified atom stereocenters. The molecule has 2 N–H and O–H groups in total. The van der Waals surface area contributed by atoms with E-state index in [4.69, 9.17) is 16.3 Å². The molecule has 0 bridgehead atoms. The van der Waals surface area contributed by atoms with Crippen LogP contribution in [0.2, 0.25) is 5.02 Å². The number of urea groups is 1. The van der Waals surface area contributed by atoms with E-state index in [2.05, 4.69) is 10.6 Å². The highest BCUT2D eigenvalue weighted by Gasteiger charge is 2.03. The van der Waals surface area contributed by atoms with Gasteiger partial charge in [0.15, 0.2) is 0 Å². The van der Waals surface area contributed by atoms with Crippen molar-refractivity contribution in [1.29, 1.82) is 0 Å². The van der Waals surface area contributed by atoms with E-state index in [0.717, 1.165) is 17.7 Å². The third-order valence-electron chi connectivity index (χ3n) is 2.39. The van der Waals surface area contributed by atoms with Crippen LogP contribution in [-0.4, -0.2) is 25.8 Å². The molecular weight excluding hydrogens is 252 g/mol. The standard InChI is InChI=1S/C13H19ClN2O2/c1-3-18-8-4-7-15-13(17)16-12-6-5-11(14)9-10(12)2/h5-6,9H,3-4,7-8H2,1-2H3,(H2,15,16,17). The summed E-state index contributed by atoms with van der Waals surface area (Å²) in [5, 5.41) is 6.21. The minimum absolute atomic E-state index is 0.211. The van der Waals surface area contributed by atoms with Crippen molar-refractivity contribution in [3.05, 3.63) is 28.8 Å². The summed E-state index contributed by atoms with van der Waals surface area (Å²) in [6.45, 7) is 5.81. The summed E-state index contributed by atoms with van der Waals surface area (Å²) in [5.41, 5.74) is 1.70. The van der Waals surface area contributed by atoms with Gasteiger partial charge in [0.1, 0.15) is 0 Å². The second-order valence-corrected chi connectivity index (χ2v) is 4.33. The van der Waals surface area contributed by atoms with Crippen LogP contribution in [0.25, 0.3) is 0 Å². The van der Waals surface area contributed by atoms with Gasteiger partial charge in [-0.1, -0.05) is 11.6 Å². The Morgan fingerprint density at radius 1 is 1.44 bits per heavy atom. The lowest BCUT2D eigenvalue weighted by Crippen LogP contribution is -2.30. The molecule has 100 valence electrons. The van der Waals surface area contributed by atoms with Crippen molar-refractivity contribution in [2.24, 2.45) is 0 Å². The predicted molar refractivity (Wildman–Crippen MR) is 74.3 cm³/mol. The van der Waals surface area contributed by atoms with Crippen molar-refractivity contribution in [1.82, 2.24) is 5.32 Å². The van der Waals surface area contributed by atoms with Gasteiger partial charge in [-0.3, -0.25) is 0 Å². The van der Waals surface area contributed by atoms with E-state index in [9.17, 15) is 4.79 Å². The van der Waals surface area contributed by atoms with Gasteiger partial charge in [-0.15, -0.1) is 0 Å². The Bertz CT molecular complexity index is 397. The fourth-order valence-corrected chi connectivity index (χ4v) is 1.68. The zero-order valence-corrected chi connectivity index (χ0v) is 11.5. The second-order valence-electron chi connectivity index (χ2n) is 3.89. The molecule has 0 heterocycles. The average Bonchev–Trinajstić information content (AvgIpc) is 2.32. The Labute approximate surface area is 113 Å². The number of aryl methyl sites for hydroxylation is 1. The van der Waals surface area contributed by atoms with Gasteiger partial charge < -0.3 is 15.4 Å². The van der Waals surface area contributed by atoms with Crippen LogP contribution in [0, 0.1) is 6.92 Å². The molecule has 0 aromatic heterocycles. The topological polar surface area (TPSA) is 50.4 Å². The van der Waals surface area contributed by atoms with E-state index in [0.29, 0.717) is 24.8 Å². The van der Waals surface area contributed by atoms with E-state index < -0.39 is 0 Å². The van der Waals surface area contributed by atoms with Gasteiger partial charge in [0.05, 0.1) is 0 Å². The van der Waals surface area contributed by atoms with Crippen molar-refractivity contribution in [3.63, 3.8) is 0 Å². The number of anilines is 1. The van der Waals surface area contributed by atoms with Crippen LogP contribution in [0.15, 0.2) is 18.2 Å². The zero-order valence-electron chi connectivity index (χ0n) is 10.8. The number of hydrogen-bond acceptors (Lipinski definition) is 2. The van der Waals surface area contributed by atoms with Crippen LogP contribution < -0.4 is 10.6 Å². The quantitative estimate of drug-likeness (QED) is 0.780. The normalized spacial score (nSPS) is 10.2. The lowest BCUT2D eigenvalue weighted by molar-refractivity contribution is 0.145. The number of ether oxygens (including phenoxy) is 1. The number of carbonyl (C=O) groups excluding carboxylic acids is 1. The zero-order chi connectivity index (χ0) is 13.4. The maximum atomic E-state index is 11.6. The minimum Gasteiger partial charge on any atom is -0.382 e. The number of rotatable bonds is 6. The third-order valence-corrected chi connectivity index (χ3v) is 2.63. The van der Waals surface area contributed by atoms with Crippen molar-refractivity contribution < 1.29 is 9.53 Å². The molecule has 0 aliphatic heterocycles. The number of hydrogen-bond donors (Lipinski definition) is 2. The fourth-order valence-electron chi connectivity index (χ4n) is 1.45. The summed E-state index contributed by atoms with van der Waals surface area (Å²) >= 11 is 5.84. The molecule has 1 aromatic rings. The van der Waals surface area contributed by atoms with E-state index in [-0.39, 0.29) is 6.03 Å². The summed E-state index contributed by atoms with van der Waals surface area (Å²) in [6, 6.07) is 5.14. The Balaban J connectivity index is 2.31. The van der Waals surface area contributed by atoms with E-state index in [1.165, 1.54) is 0 Å². The summed E-state index contributed by atoms with van der Waals surface area (Å²) < 4.78 is 5.18. The first-order valence-electron chi connectivity index (χ1n) is 6.02. The smallest absolute Gasteiger partial charge is 0.319 e. The molecule has 1 aromatic carbocycles. The minimum atomic E-state index is -0.211. The first-order valence-corrected chi connectivity index (χ1v) is 6.40.